The zero-order valence-corrected chi connectivity index (χ0v) is 10.6. The summed E-state index contributed by atoms with van der Waals surface area (Å²) in [4.78, 5) is 11.5. The van der Waals surface area contributed by atoms with Crippen molar-refractivity contribution < 1.29 is 9.53 Å². The van der Waals surface area contributed by atoms with Crippen LogP contribution in [0.2, 0.25) is 0 Å². The van der Waals surface area contributed by atoms with Crippen LogP contribution in [0.25, 0.3) is 0 Å². The number of ether oxygens (including phenoxy) is 1. The van der Waals surface area contributed by atoms with E-state index in [-0.39, 0.29) is 12.2 Å². The summed E-state index contributed by atoms with van der Waals surface area (Å²) >= 11 is 0. The van der Waals surface area contributed by atoms with E-state index < -0.39 is 0 Å². The van der Waals surface area contributed by atoms with Gasteiger partial charge in [0.15, 0.2) is 0 Å². The van der Waals surface area contributed by atoms with Gasteiger partial charge in [-0.3, -0.25) is 0 Å². The van der Waals surface area contributed by atoms with Crippen LogP contribution in [0.3, 0.4) is 0 Å². The number of amides is 1. The third kappa shape index (κ3) is 4.89. The number of benzene rings is 1. The van der Waals surface area contributed by atoms with Gasteiger partial charge < -0.3 is 10.1 Å². The molecule has 1 N–H and O–H groups in total. The molecule has 0 aliphatic heterocycles. The number of alkyl carbamates (subject to hydrolysis) is 1. The number of hydrogen-bond donors (Lipinski definition) is 1. The smallest absolute Gasteiger partial charge is 0.407 e. The second kappa shape index (κ2) is 7.71. The van der Waals surface area contributed by atoms with Crippen LogP contribution < -0.4 is 5.32 Å². The Labute approximate surface area is 103 Å². The highest BCUT2D eigenvalue weighted by Gasteiger charge is 2.14. The van der Waals surface area contributed by atoms with E-state index in [0.717, 1.165) is 24.8 Å². The second-order valence-electron chi connectivity index (χ2n) is 4.02. The monoisotopic (exact) mass is 235 g/mol. The topological polar surface area (TPSA) is 38.3 Å². The number of rotatable bonds is 6. The molecule has 0 bridgehead atoms. The van der Waals surface area contributed by atoms with Gasteiger partial charge in [0.2, 0.25) is 0 Å². The highest BCUT2D eigenvalue weighted by atomic mass is 16.6. The molecule has 1 amide bonds. The number of carbonyl (C=O) groups is 1. The van der Waals surface area contributed by atoms with Crippen molar-refractivity contribution >= 4 is 6.09 Å². The van der Waals surface area contributed by atoms with E-state index in [4.69, 9.17) is 4.74 Å². The van der Waals surface area contributed by atoms with E-state index in [9.17, 15) is 4.79 Å². The molecule has 1 unspecified atom stereocenters. The van der Waals surface area contributed by atoms with Crippen molar-refractivity contribution in [1.29, 1.82) is 0 Å². The van der Waals surface area contributed by atoms with E-state index in [1.165, 1.54) is 0 Å². The van der Waals surface area contributed by atoms with E-state index in [1.807, 2.05) is 37.3 Å². The lowest BCUT2D eigenvalue weighted by Crippen LogP contribution is -2.26. The molecule has 3 heteroatoms. The summed E-state index contributed by atoms with van der Waals surface area (Å²) in [6.07, 6.45) is 2.29. The summed E-state index contributed by atoms with van der Waals surface area (Å²) in [6, 6.07) is 9.88. The Morgan fingerprint density at radius 1 is 1.24 bits per heavy atom. The van der Waals surface area contributed by atoms with Gasteiger partial charge in [-0.1, -0.05) is 50.6 Å². The van der Waals surface area contributed by atoms with Crippen molar-refractivity contribution in [1.82, 2.24) is 5.32 Å². The summed E-state index contributed by atoms with van der Waals surface area (Å²) in [7, 11) is 0. The van der Waals surface area contributed by atoms with Crippen molar-refractivity contribution in [3.05, 3.63) is 35.9 Å². The Morgan fingerprint density at radius 3 is 2.53 bits per heavy atom. The molecule has 0 saturated carbocycles. The number of carbonyl (C=O) groups excluding carboxylic acids is 1. The van der Waals surface area contributed by atoms with E-state index in [1.54, 1.807) is 0 Å². The highest BCUT2D eigenvalue weighted by molar-refractivity contribution is 5.67. The molecule has 0 radical (unpaired) electrons. The molecule has 0 spiro atoms. The Bertz CT molecular complexity index is 324. The van der Waals surface area contributed by atoms with Crippen molar-refractivity contribution in [3.63, 3.8) is 0 Å². The molecule has 0 aromatic heterocycles. The SMILES string of the molecule is CCCNC(=O)OC(CCC)c1ccccc1. The summed E-state index contributed by atoms with van der Waals surface area (Å²) in [5.41, 5.74) is 1.06. The summed E-state index contributed by atoms with van der Waals surface area (Å²) in [5, 5.41) is 2.73. The van der Waals surface area contributed by atoms with Crippen molar-refractivity contribution in [2.45, 2.75) is 39.2 Å². The number of nitrogens with one attached hydrogen (secondary N) is 1. The molecule has 1 rings (SSSR count). The molecule has 0 heterocycles. The predicted molar refractivity (Wildman–Crippen MR) is 68.9 cm³/mol. The first-order chi connectivity index (χ1) is 8.27. The van der Waals surface area contributed by atoms with Gasteiger partial charge in [0, 0.05) is 6.54 Å². The molecule has 17 heavy (non-hydrogen) atoms. The van der Waals surface area contributed by atoms with Crippen LogP contribution in [0.1, 0.15) is 44.8 Å². The third-order valence-electron chi connectivity index (χ3n) is 2.49. The molecule has 0 aliphatic carbocycles. The third-order valence-corrected chi connectivity index (χ3v) is 2.49. The van der Waals surface area contributed by atoms with Gasteiger partial charge in [0.1, 0.15) is 6.10 Å². The Balaban J connectivity index is 2.57. The Hall–Kier alpha value is -1.51. The lowest BCUT2D eigenvalue weighted by atomic mass is 10.1. The standard InChI is InChI=1S/C14H21NO2/c1-3-8-13(12-9-6-5-7-10-12)17-14(16)15-11-4-2/h5-7,9-10,13H,3-4,8,11H2,1-2H3,(H,15,16). The largest absolute Gasteiger partial charge is 0.441 e. The van der Waals surface area contributed by atoms with Gasteiger partial charge in [-0.2, -0.15) is 0 Å². The van der Waals surface area contributed by atoms with E-state index in [2.05, 4.69) is 12.2 Å². The van der Waals surface area contributed by atoms with Crippen LogP contribution in [0.4, 0.5) is 4.79 Å². The van der Waals surface area contributed by atoms with E-state index in [0.29, 0.717) is 6.54 Å². The molecule has 94 valence electrons. The van der Waals surface area contributed by atoms with Gasteiger partial charge in [-0.05, 0) is 18.4 Å². The fraction of sp³-hybridized carbons (Fsp3) is 0.500. The van der Waals surface area contributed by atoms with Gasteiger partial charge in [-0.15, -0.1) is 0 Å². The maximum absolute atomic E-state index is 11.5. The Morgan fingerprint density at radius 2 is 1.94 bits per heavy atom. The average molecular weight is 235 g/mol. The fourth-order valence-corrected chi connectivity index (χ4v) is 1.62. The van der Waals surface area contributed by atoms with Gasteiger partial charge in [-0.25, -0.2) is 4.79 Å². The normalized spacial score (nSPS) is 11.9. The quantitative estimate of drug-likeness (QED) is 0.817. The predicted octanol–water partition coefficient (Wildman–Crippen LogP) is 3.66. The lowest BCUT2D eigenvalue weighted by Gasteiger charge is -2.17. The van der Waals surface area contributed by atoms with Crippen LogP contribution in [0.5, 0.6) is 0 Å². The van der Waals surface area contributed by atoms with Crippen LogP contribution >= 0.6 is 0 Å². The summed E-state index contributed by atoms with van der Waals surface area (Å²) in [5.74, 6) is 0. The van der Waals surface area contributed by atoms with Crippen molar-refractivity contribution in [2.75, 3.05) is 6.54 Å². The first kappa shape index (κ1) is 13.6. The van der Waals surface area contributed by atoms with E-state index >= 15 is 0 Å². The molecular formula is C14H21NO2. The highest BCUT2D eigenvalue weighted by Crippen LogP contribution is 2.22. The zero-order chi connectivity index (χ0) is 12.5. The molecule has 0 saturated heterocycles. The first-order valence-electron chi connectivity index (χ1n) is 6.27. The molecule has 1 aromatic carbocycles. The maximum atomic E-state index is 11.5. The molecule has 0 fully saturated rings. The van der Waals surface area contributed by atoms with Crippen molar-refractivity contribution in [2.24, 2.45) is 0 Å². The lowest BCUT2D eigenvalue weighted by molar-refractivity contribution is 0.0921. The Kier molecular flexibility index (Phi) is 6.15. The summed E-state index contributed by atoms with van der Waals surface area (Å²) in [6.45, 7) is 4.76. The molecule has 1 atom stereocenters. The van der Waals surface area contributed by atoms with Crippen LogP contribution in [-0.4, -0.2) is 12.6 Å². The second-order valence-corrected chi connectivity index (χ2v) is 4.02. The molecular weight excluding hydrogens is 214 g/mol. The van der Waals surface area contributed by atoms with Crippen LogP contribution in [0.15, 0.2) is 30.3 Å². The minimum atomic E-state index is -0.325. The zero-order valence-electron chi connectivity index (χ0n) is 10.6. The van der Waals surface area contributed by atoms with Crippen molar-refractivity contribution in [3.8, 4) is 0 Å². The van der Waals surface area contributed by atoms with Gasteiger partial charge in [0.25, 0.3) is 0 Å². The van der Waals surface area contributed by atoms with Gasteiger partial charge in [0.05, 0.1) is 0 Å². The van der Waals surface area contributed by atoms with Crippen LogP contribution in [0, 0.1) is 0 Å². The minimum Gasteiger partial charge on any atom is -0.441 e. The average Bonchev–Trinajstić information content (AvgIpc) is 2.37. The molecule has 3 nitrogen and oxygen atoms in total. The first-order valence-corrected chi connectivity index (χ1v) is 6.27. The van der Waals surface area contributed by atoms with Crippen LogP contribution in [-0.2, 0) is 4.74 Å². The molecule has 1 aromatic rings. The molecule has 0 aliphatic rings. The fourth-order valence-electron chi connectivity index (χ4n) is 1.62. The summed E-state index contributed by atoms with van der Waals surface area (Å²) < 4.78 is 5.43. The minimum absolute atomic E-state index is 0.141. The number of hydrogen-bond acceptors (Lipinski definition) is 2. The maximum Gasteiger partial charge on any atom is 0.407 e. The van der Waals surface area contributed by atoms with Gasteiger partial charge >= 0.3 is 6.09 Å².